The van der Waals surface area contributed by atoms with Gasteiger partial charge in [0.05, 0.1) is 44.1 Å². The van der Waals surface area contributed by atoms with Crippen LogP contribution >= 0.6 is 0 Å². The van der Waals surface area contributed by atoms with Crippen LogP contribution < -0.4 is 37.9 Å². The van der Waals surface area contributed by atoms with Gasteiger partial charge in [0, 0.05) is 116 Å². The molecule has 10 aliphatic rings. The van der Waals surface area contributed by atoms with E-state index in [1.165, 1.54) is 66.8 Å². The van der Waals surface area contributed by atoms with Crippen molar-refractivity contribution in [1.82, 2.24) is 39.9 Å². The first-order valence-corrected chi connectivity index (χ1v) is 47.0. The fraction of sp³-hybridized carbons (Fsp3) is 0.286. The Balaban J connectivity index is 0.799. The molecule has 0 saturated heterocycles. The molecule has 8 heterocycles. The lowest BCUT2D eigenvalue weighted by Crippen LogP contribution is -2.27. The van der Waals surface area contributed by atoms with Gasteiger partial charge in [-0.25, -0.2) is 39.9 Å². The van der Waals surface area contributed by atoms with Crippen LogP contribution in [0.4, 0.5) is 0 Å². The molecule has 632 valence electrons. The van der Waals surface area contributed by atoms with Crippen molar-refractivity contribution in [3.05, 3.63) is 330 Å². The fourth-order valence-electron chi connectivity index (χ4n) is 22.9. The van der Waals surface area contributed by atoms with E-state index in [0.717, 1.165) is 147 Å². The normalized spacial score (nSPS) is 18.7. The molecule has 16 heteroatoms. The monoisotopic (exact) mass is 1680 g/mol. The Morgan fingerprint density at radius 2 is 0.344 bits per heavy atom. The van der Waals surface area contributed by atoms with Crippen LogP contribution in [0.5, 0.6) is 93.0 Å². The van der Waals surface area contributed by atoms with Gasteiger partial charge in [-0.1, -0.05) is 252 Å². The topological polar surface area (TPSA) is 177 Å². The Morgan fingerprint density at radius 1 is 0.172 bits per heavy atom. The molecule has 128 heavy (non-hydrogen) atoms. The highest BCUT2D eigenvalue weighted by Gasteiger charge is 2.46. The van der Waals surface area contributed by atoms with Gasteiger partial charge in [-0.15, -0.1) is 0 Å². The fourth-order valence-corrected chi connectivity index (χ4v) is 22.9. The van der Waals surface area contributed by atoms with Gasteiger partial charge in [-0.3, -0.25) is 0 Å². The summed E-state index contributed by atoms with van der Waals surface area (Å²) in [7, 11) is 0. The van der Waals surface area contributed by atoms with Gasteiger partial charge in [0.25, 0.3) is 47.0 Å². The lowest BCUT2D eigenvalue weighted by Gasteiger charge is -2.42. The van der Waals surface area contributed by atoms with Gasteiger partial charge in [0.1, 0.15) is 46.0 Å². The van der Waals surface area contributed by atoms with E-state index in [2.05, 4.69) is 198 Å². The van der Waals surface area contributed by atoms with E-state index in [0.29, 0.717) is 116 Å². The summed E-state index contributed by atoms with van der Waals surface area (Å²) in [6, 6.07) is 78.7. The summed E-state index contributed by atoms with van der Waals surface area (Å²) in [5.41, 5.74) is 28.1. The molecule has 4 bridgehead atoms. The van der Waals surface area contributed by atoms with Crippen LogP contribution in [0.15, 0.2) is 218 Å². The molecule has 0 atom stereocenters. The van der Waals surface area contributed by atoms with E-state index in [4.69, 9.17) is 77.8 Å². The molecule has 0 amide bonds. The predicted octanol–water partition coefficient (Wildman–Crippen LogP) is 29.7. The van der Waals surface area contributed by atoms with Gasteiger partial charge in [-0.2, -0.15) is 0 Å². The van der Waals surface area contributed by atoms with E-state index in [1.54, 1.807) is 0 Å². The Kier molecular flexibility index (Phi) is 18.7. The summed E-state index contributed by atoms with van der Waals surface area (Å²) >= 11 is 0. The molecule has 12 aromatic carbocycles. The summed E-state index contributed by atoms with van der Waals surface area (Å²) in [6.07, 6.45) is 18.8. The van der Waals surface area contributed by atoms with E-state index in [9.17, 15) is 0 Å². The SMILES string of the molecule is CCCCCCC1c2cc3c4cc2Oc2nc5ccccc5nc2Oc2cc5c(cc21)C(CCCCCC)c1cc2c(cc1Oc1nc6cc7c(cc6nc1O5)C1c5ccccc5C7c5ccccc51)Oc1nc5ccccc5nc1Oc1cc(c(cc1C2CCCCCC)C3CCCCCC)Oc1nc2cc3c(cc2nc1O4)C1c2ccccc2C3c2ccccc21. The summed E-state index contributed by atoms with van der Waals surface area (Å²) in [4.78, 5) is 44.6. The first-order chi connectivity index (χ1) is 63.2. The second kappa shape index (κ2) is 31.2. The summed E-state index contributed by atoms with van der Waals surface area (Å²) in [6.45, 7) is 9.13. The van der Waals surface area contributed by atoms with Crippen molar-refractivity contribution < 1.29 is 37.9 Å². The average Bonchev–Trinajstić information content (AvgIpc) is 0.804. The van der Waals surface area contributed by atoms with Crippen molar-refractivity contribution in [3.8, 4) is 93.0 Å². The van der Waals surface area contributed by atoms with E-state index in [1.807, 2.05) is 48.5 Å². The standard InChI is InChI=1S/C112H96N8O8/c1-5-9-13-17-33-61-73-49-77-63(35-19-15-11-7-3)79-51-75-62(34-18-14-10-6-2)76-52-80-64(36-20-16-12-8-4)78-50-74(61)94-58-98(78)126-110-112(120-92-56-84-82(54-90(92)118-110)102-67-39-23-27-43-71(67)104(84)72-44-28-24-40-68(72)102)128-100(80)60-96(76)124-108-107(115-87-47-31-32-48-88(87)116-108)123-95(75)59-99(79)127-111-109(125-97(77)57-93(73)121-105-106(122-94)114-86-46-30-29-45-85(86)113-105)117-89-53-81-83(55-91(89)119-111)103-69-41-25-21-37-65(69)101(81)66-38-22-26-42-70(66)103/h21-32,37-64,101-104H,5-20,33-36H2,1-4H3. The number of para-hydroxylation sites is 4. The highest BCUT2D eigenvalue weighted by Crippen LogP contribution is 2.63. The first-order valence-electron chi connectivity index (χ1n) is 47.0. The molecule has 6 aliphatic carbocycles. The number of hydrogen-bond donors (Lipinski definition) is 0. The van der Waals surface area contributed by atoms with Crippen LogP contribution in [-0.2, 0) is 0 Å². The van der Waals surface area contributed by atoms with Crippen molar-refractivity contribution in [2.45, 2.75) is 203 Å². The molecule has 4 aliphatic heterocycles. The van der Waals surface area contributed by atoms with Crippen LogP contribution in [-0.4, -0.2) is 39.9 Å². The van der Waals surface area contributed by atoms with Crippen LogP contribution in [0, 0.1) is 0 Å². The number of unbranched alkanes of at least 4 members (excludes halogenated alkanes) is 12. The molecule has 0 unspecified atom stereocenters. The van der Waals surface area contributed by atoms with Crippen LogP contribution in [0.25, 0.3) is 44.1 Å². The number of aromatic nitrogens is 8. The number of ether oxygens (including phenoxy) is 8. The van der Waals surface area contributed by atoms with Crippen molar-refractivity contribution in [3.63, 3.8) is 0 Å². The van der Waals surface area contributed by atoms with Crippen molar-refractivity contribution in [2.75, 3.05) is 0 Å². The molecule has 26 rings (SSSR count). The molecule has 0 N–H and O–H groups in total. The molecule has 0 saturated carbocycles. The molecule has 16 nitrogen and oxygen atoms in total. The number of rotatable bonds is 20. The number of nitrogens with zero attached hydrogens (tertiary/aromatic N) is 8. The summed E-state index contributed by atoms with van der Waals surface area (Å²) < 4.78 is 62.3. The quantitative estimate of drug-likeness (QED) is 0.0658. The Labute approximate surface area is 743 Å². The van der Waals surface area contributed by atoms with Crippen LogP contribution in [0.3, 0.4) is 0 Å². The van der Waals surface area contributed by atoms with E-state index in [-0.39, 0.29) is 70.7 Å². The largest absolute Gasteiger partial charge is 0.434 e. The maximum Gasteiger partial charge on any atom is 0.284 e. The van der Waals surface area contributed by atoms with E-state index < -0.39 is 23.7 Å². The number of fused-ring (bicyclic) bond motifs is 16. The molecule has 0 fully saturated rings. The van der Waals surface area contributed by atoms with Gasteiger partial charge in [0.15, 0.2) is 0 Å². The predicted molar refractivity (Wildman–Crippen MR) is 496 cm³/mol. The smallest absolute Gasteiger partial charge is 0.284 e. The van der Waals surface area contributed by atoms with Gasteiger partial charge in [-0.05, 0) is 165 Å². The molecule has 0 spiro atoms. The minimum atomic E-state index is -0.399. The highest BCUT2D eigenvalue weighted by atomic mass is 16.6. The zero-order chi connectivity index (χ0) is 84.9. The Bertz CT molecular complexity index is 6370. The third-order valence-corrected chi connectivity index (χ3v) is 29.0. The third-order valence-electron chi connectivity index (χ3n) is 29.0. The minimum absolute atomic E-state index is 0.0169. The lowest BCUT2D eigenvalue weighted by molar-refractivity contribution is 0.377. The first kappa shape index (κ1) is 76.8. The molecule has 16 aromatic rings. The number of benzene rings is 12. The molecule has 0 radical (unpaired) electrons. The second-order valence-electron chi connectivity index (χ2n) is 36.6. The summed E-state index contributed by atoms with van der Waals surface area (Å²) in [5, 5.41) is 0. The minimum Gasteiger partial charge on any atom is -0.434 e. The van der Waals surface area contributed by atoms with Gasteiger partial charge < -0.3 is 37.9 Å². The van der Waals surface area contributed by atoms with Gasteiger partial charge in [0.2, 0.25) is 0 Å². The maximum absolute atomic E-state index is 7.86. The Hall–Kier alpha value is -13.6. The summed E-state index contributed by atoms with van der Waals surface area (Å²) in [5.74, 6) is 4.24. The van der Waals surface area contributed by atoms with Crippen molar-refractivity contribution in [1.29, 1.82) is 0 Å². The maximum atomic E-state index is 7.86. The zero-order valence-corrected chi connectivity index (χ0v) is 72.4. The second-order valence-corrected chi connectivity index (χ2v) is 36.6. The lowest BCUT2D eigenvalue weighted by atomic mass is 9.61. The van der Waals surface area contributed by atoms with Gasteiger partial charge >= 0.3 is 0 Å². The molecular weight excluding hydrogens is 1590 g/mol. The third kappa shape index (κ3) is 12.6. The average molecular weight is 1680 g/mol. The number of hydrogen-bond acceptors (Lipinski definition) is 16. The Morgan fingerprint density at radius 3 is 0.523 bits per heavy atom. The van der Waals surface area contributed by atoms with Crippen molar-refractivity contribution >= 4 is 44.1 Å². The van der Waals surface area contributed by atoms with E-state index >= 15 is 0 Å². The van der Waals surface area contributed by atoms with Crippen LogP contribution in [0.1, 0.15) is 315 Å². The zero-order valence-electron chi connectivity index (χ0n) is 72.4. The highest BCUT2D eigenvalue weighted by molar-refractivity contribution is 5.86. The molecular formula is C112H96N8O8. The molecule has 4 aromatic heterocycles. The van der Waals surface area contributed by atoms with Crippen molar-refractivity contribution in [2.24, 2.45) is 0 Å². The van der Waals surface area contributed by atoms with Crippen LogP contribution in [0.2, 0.25) is 0 Å².